The lowest BCUT2D eigenvalue weighted by Crippen LogP contribution is -2.32. The third kappa shape index (κ3) is 3.61. The molecule has 0 atom stereocenters. The van der Waals surface area contributed by atoms with E-state index in [4.69, 9.17) is 5.41 Å². The first-order valence-electron chi connectivity index (χ1n) is 4.17. The van der Waals surface area contributed by atoms with Crippen LogP contribution >= 0.6 is 0 Å². The van der Waals surface area contributed by atoms with Gasteiger partial charge in [0.1, 0.15) is 0 Å². The average Bonchev–Trinajstić information content (AvgIpc) is 2.52. The third-order valence-corrected chi connectivity index (χ3v) is 2.44. The highest BCUT2D eigenvalue weighted by Gasteiger charge is 2.08. The number of aromatic nitrogens is 2. The van der Waals surface area contributed by atoms with Gasteiger partial charge in [0.25, 0.3) is 5.91 Å². The van der Waals surface area contributed by atoms with Gasteiger partial charge in [-0.2, -0.15) is 0 Å². The summed E-state index contributed by atoms with van der Waals surface area (Å²) in [5.41, 5.74) is 0. The Morgan fingerprint density at radius 1 is 1.86 bits per heavy atom. The van der Waals surface area contributed by atoms with Crippen molar-refractivity contribution in [2.75, 3.05) is 16.8 Å². The quantitative estimate of drug-likeness (QED) is 0.258. The van der Waals surface area contributed by atoms with Crippen LogP contribution in [0.4, 0.5) is 5.82 Å². The van der Waals surface area contributed by atoms with E-state index in [1.165, 1.54) is 0 Å². The second-order valence-electron chi connectivity index (χ2n) is 2.77. The number of carbonyl (C=O) groups excluding carboxylic acids is 1. The topological polar surface area (TPSA) is 72.5 Å². The minimum absolute atomic E-state index is 0.0350. The number of amides is 1. The Morgan fingerprint density at radius 2 is 2.64 bits per heavy atom. The van der Waals surface area contributed by atoms with Gasteiger partial charge in [-0.1, -0.05) is 0 Å². The minimum atomic E-state index is -0.0350. The number of aryl methyl sites for hydroxylation is 1. The number of hydrogen-bond acceptors (Lipinski definition) is 2. The van der Waals surface area contributed by atoms with Crippen molar-refractivity contribution in [1.29, 1.82) is 0 Å². The van der Waals surface area contributed by atoms with Gasteiger partial charge in [0, 0.05) is 13.2 Å². The van der Waals surface area contributed by atoms with Gasteiger partial charge in [-0.05, 0) is 11.8 Å². The molecule has 6 heteroatoms. The molecule has 0 radical (unpaired) electrons. The molecule has 0 aliphatic heterocycles. The molecule has 0 bridgehead atoms. The highest BCUT2D eigenvalue weighted by atomic mass is 32.2. The highest BCUT2D eigenvalue weighted by molar-refractivity contribution is 7.79. The second kappa shape index (κ2) is 5.43. The Balaban J connectivity index is 2.30. The Bertz CT molecular complexity index is 323. The fourth-order valence-electron chi connectivity index (χ4n) is 0.900. The predicted molar refractivity (Wildman–Crippen MR) is 58.3 cm³/mol. The van der Waals surface area contributed by atoms with Gasteiger partial charge in [-0.25, -0.2) is 4.98 Å². The number of nitrogens with two attached hydrogens (primary N) is 1. The van der Waals surface area contributed by atoms with Crippen LogP contribution in [-0.2, 0) is 23.6 Å². The van der Waals surface area contributed by atoms with Crippen molar-refractivity contribution in [2.45, 2.75) is 0 Å². The number of rotatable bonds is 5. The number of thiol groups is 1. The number of carbonyl (C=O) groups is 1. The SMILES string of the molecule is Cn1cnc(NC(=O)C[SH+]CC=[NH2+])c1. The Kier molecular flexibility index (Phi) is 4.18. The molecular weight excluding hydrogens is 200 g/mol. The van der Waals surface area contributed by atoms with E-state index in [-0.39, 0.29) is 5.91 Å². The number of nitrogens with one attached hydrogen (secondary N) is 1. The lowest BCUT2D eigenvalue weighted by atomic mass is 10.6. The summed E-state index contributed by atoms with van der Waals surface area (Å²) >= 11 is 1.00. The number of anilines is 1. The van der Waals surface area contributed by atoms with Crippen LogP contribution in [0.25, 0.3) is 0 Å². The van der Waals surface area contributed by atoms with Crippen molar-refractivity contribution < 1.29 is 10.2 Å². The fourth-order valence-corrected chi connectivity index (χ4v) is 1.46. The molecule has 0 aliphatic carbocycles. The van der Waals surface area contributed by atoms with Gasteiger partial charge in [0.05, 0.1) is 6.33 Å². The molecule has 0 unspecified atom stereocenters. The van der Waals surface area contributed by atoms with Crippen LogP contribution in [0.5, 0.6) is 0 Å². The summed E-state index contributed by atoms with van der Waals surface area (Å²) < 4.78 is 1.78. The maximum Gasteiger partial charge on any atom is 0.275 e. The molecule has 0 saturated heterocycles. The summed E-state index contributed by atoms with van der Waals surface area (Å²) in [5, 5.41) is 7.88. The summed E-state index contributed by atoms with van der Waals surface area (Å²) in [7, 11) is 1.85. The molecular formula is C8H14N4OS+2. The van der Waals surface area contributed by atoms with E-state index < -0.39 is 0 Å². The monoisotopic (exact) mass is 214 g/mol. The molecule has 3 N–H and O–H groups in total. The Hall–Kier alpha value is -1.30. The zero-order chi connectivity index (χ0) is 10.4. The third-order valence-electron chi connectivity index (χ3n) is 1.46. The van der Waals surface area contributed by atoms with Gasteiger partial charge < -0.3 is 9.88 Å². The van der Waals surface area contributed by atoms with Crippen LogP contribution in [0, 0.1) is 0 Å². The summed E-state index contributed by atoms with van der Waals surface area (Å²) in [6.45, 7) is 0. The van der Waals surface area contributed by atoms with Crippen LogP contribution in [-0.4, -0.2) is 33.2 Å². The molecule has 76 valence electrons. The van der Waals surface area contributed by atoms with E-state index in [9.17, 15) is 4.79 Å². The van der Waals surface area contributed by atoms with E-state index >= 15 is 0 Å². The highest BCUT2D eigenvalue weighted by Crippen LogP contribution is 1.99. The minimum Gasteiger partial charge on any atom is -0.338 e. The largest absolute Gasteiger partial charge is 0.338 e. The van der Waals surface area contributed by atoms with Gasteiger partial charge >= 0.3 is 0 Å². The molecule has 1 rings (SSSR count). The van der Waals surface area contributed by atoms with Crippen molar-refractivity contribution in [3.8, 4) is 0 Å². The summed E-state index contributed by atoms with van der Waals surface area (Å²) in [5.74, 6) is 1.73. The van der Waals surface area contributed by atoms with E-state index in [0.717, 1.165) is 17.5 Å². The molecule has 1 aromatic heterocycles. The Labute approximate surface area is 86.4 Å². The number of imidazole rings is 1. The first-order valence-corrected chi connectivity index (χ1v) is 5.43. The predicted octanol–water partition coefficient (Wildman–Crippen LogP) is -2.00. The van der Waals surface area contributed by atoms with Crippen LogP contribution in [0.2, 0.25) is 0 Å². The lowest BCUT2D eigenvalue weighted by molar-refractivity contribution is -0.113. The average molecular weight is 214 g/mol. The van der Waals surface area contributed by atoms with E-state index in [0.29, 0.717) is 11.6 Å². The maximum absolute atomic E-state index is 11.3. The second-order valence-corrected chi connectivity index (χ2v) is 3.90. The van der Waals surface area contributed by atoms with Gasteiger partial charge in [0.15, 0.2) is 23.5 Å². The normalized spacial score (nSPS) is 9.79. The molecule has 5 nitrogen and oxygen atoms in total. The van der Waals surface area contributed by atoms with Crippen LogP contribution in [0.15, 0.2) is 12.5 Å². The van der Waals surface area contributed by atoms with Crippen molar-refractivity contribution in [2.24, 2.45) is 7.05 Å². The van der Waals surface area contributed by atoms with E-state index in [1.807, 2.05) is 7.05 Å². The van der Waals surface area contributed by atoms with Crippen LogP contribution in [0.3, 0.4) is 0 Å². The molecule has 0 saturated carbocycles. The molecule has 0 spiro atoms. The molecule has 0 aromatic carbocycles. The van der Waals surface area contributed by atoms with Crippen molar-refractivity contribution >= 4 is 29.7 Å². The van der Waals surface area contributed by atoms with Crippen LogP contribution < -0.4 is 10.7 Å². The smallest absolute Gasteiger partial charge is 0.275 e. The van der Waals surface area contributed by atoms with Gasteiger partial charge in [-0.3, -0.25) is 10.2 Å². The number of hydrogen-bond donors (Lipinski definition) is 2. The lowest BCUT2D eigenvalue weighted by Gasteiger charge is -1.95. The van der Waals surface area contributed by atoms with Gasteiger partial charge in [-0.15, -0.1) is 0 Å². The molecule has 1 amide bonds. The molecule has 1 aromatic rings. The van der Waals surface area contributed by atoms with Crippen LogP contribution in [0.1, 0.15) is 0 Å². The molecule has 0 fully saturated rings. The first kappa shape index (κ1) is 10.8. The molecule has 1 heterocycles. The summed E-state index contributed by atoms with van der Waals surface area (Å²) in [6, 6.07) is 0. The Morgan fingerprint density at radius 3 is 3.21 bits per heavy atom. The van der Waals surface area contributed by atoms with Crippen molar-refractivity contribution in [3.63, 3.8) is 0 Å². The molecule has 0 aliphatic rings. The maximum atomic E-state index is 11.3. The van der Waals surface area contributed by atoms with E-state index in [2.05, 4.69) is 10.3 Å². The first-order chi connectivity index (χ1) is 6.72. The molecule has 14 heavy (non-hydrogen) atoms. The zero-order valence-electron chi connectivity index (χ0n) is 7.97. The number of nitrogens with zero attached hydrogens (tertiary/aromatic N) is 2. The fraction of sp³-hybridized carbons (Fsp3) is 0.375. The van der Waals surface area contributed by atoms with E-state index in [1.54, 1.807) is 23.3 Å². The standard InChI is InChI=1S/C8H12N4OS/c1-12-4-7(10-6-12)11-8(13)5-14-3-2-9/h2,4,6,9H,3,5H2,1H3,(H,11,13)/p+2. The van der Waals surface area contributed by atoms with Gasteiger partial charge in [0.2, 0.25) is 0 Å². The van der Waals surface area contributed by atoms with Crippen molar-refractivity contribution in [1.82, 2.24) is 9.55 Å². The summed E-state index contributed by atoms with van der Waals surface area (Å²) in [4.78, 5) is 15.3. The van der Waals surface area contributed by atoms with Crippen molar-refractivity contribution in [3.05, 3.63) is 12.5 Å². The summed E-state index contributed by atoms with van der Waals surface area (Å²) in [6.07, 6.45) is 4.94. The zero-order valence-corrected chi connectivity index (χ0v) is 8.87.